The summed E-state index contributed by atoms with van der Waals surface area (Å²) in [5, 5.41) is 0. The fraction of sp³-hybridized carbons (Fsp3) is 0.941. The highest BCUT2D eigenvalue weighted by molar-refractivity contribution is 5.72. The molecule has 236 valence electrons. The third-order valence-electron chi connectivity index (χ3n) is 6.63. The monoisotopic (exact) mass is 558 g/mol. The molecule has 0 amide bonds. The van der Waals surface area contributed by atoms with E-state index in [0.29, 0.717) is 13.1 Å². The van der Waals surface area contributed by atoms with Crippen LogP contribution in [0.3, 0.4) is 0 Å². The van der Waals surface area contributed by atoms with E-state index < -0.39 is 0 Å². The number of carbonyl (C=O) groups is 2. The Morgan fingerprint density at radius 2 is 1.15 bits per heavy atom. The minimum absolute atomic E-state index is 0.0190. The van der Waals surface area contributed by atoms with Crippen molar-refractivity contribution < 1.29 is 19.1 Å². The zero-order chi connectivity index (χ0) is 30.0. The zero-order valence-corrected chi connectivity index (χ0v) is 27.9. The lowest BCUT2D eigenvalue weighted by Crippen LogP contribution is -2.18. The van der Waals surface area contributed by atoms with Crippen LogP contribution in [0.15, 0.2) is 0 Å². The second kappa shape index (κ2) is 36.9. The Balaban J connectivity index is -0.000000985. The molecule has 0 rings (SSSR count). The Hall–Kier alpha value is -1.10. The first-order chi connectivity index (χ1) is 18.9. The van der Waals surface area contributed by atoms with Gasteiger partial charge in [-0.05, 0) is 65.6 Å². The van der Waals surface area contributed by atoms with Crippen molar-refractivity contribution in [2.75, 3.05) is 27.2 Å². The molecule has 5 nitrogen and oxygen atoms in total. The van der Waals surface area contributed by atoms with E-state index in [2.05, 4.69) is 60.5 Å². The van der Waals surface area contributed by atoms with Crippen LogP contribution in [0.4, 0.5) is 0 Å². The Bertz CT molecular complexity index is 470. The highest BCUT2D eigenvalue weighted by Gasteiger charge is 2.18. The molecular weight excluding hydrogens is 486 g/mol. The van der Waals surface area contributed by atoms with Gasteiger partial charge in [0.15, 0.2) is 0 Å². The summed E-state index contributed by atoms with van der Waals surface area (Å²) in [6.07, 6.45) is 23.0. The molecule has 0 aromatic rings. The molecule has 5 heteroatoms. The van der Waals surface area contributed by atoms with Gasteiger partial charge in [-0.2, -0.15) is 0 Å². The first-order valence-electron chi connectivity index (χ1n) is 16.8. The number of carbonyl (C=O) groups excluding carboxylic acids is 2. The number of hydrogen-bond acceptors (Lipinski definition) is 5. The number of ether oxygens (including phenoxy) is 2. The van der Waals surface area contributed by atoms with Crippen molar-refractivity contribution in [2.24, 2.45) is 5.92 Å². The molecule has 2 atom stereocenters. The van der Waals surface area contributed by atoms with Gasteiger partial charge < -0.3 is 14.4 Å². The van der Waals surface area contributed by atoms with Gasteiger partial charge >= 0.3 is 5.97 Å². The maximum absolute atomic E-state index is 12.2. The third kappa shape index (κ3) is 36.9. The van der Waals surface area contributed by atoms with Gasteiger partial charge in [-0.3, -0.25) is 9.59 Å². The SMILES string of the molecule is CCC.CCCCC(CCCCCCCCCOC(=O)C(CCC)CCCC)OC=O.CCCCCN(C)C. The van der Waals surface area contributed by atoms with Crippen LogP contribution in [0.2, 0.25) is 0 Å². The number of rotatable bonds is 25. The van der Waals surface area contributed by atoms with Gasteiger partial charge in [-0.1, -0.05) is 125 Å². The van der Waals surface area contributed by atoms with Crippen molar-refractivity contribution in [3.63, 3.8) is 0 Å². The molecule has 0 spiro atoms. The normalized spacial score (nSPS) is 12.0. The van der Waals surface area contributed by atoms with Crippen LogP contribution in [0.25, 0.3) is 0 Å². The standard InChI is InChI=1S/C24H46O4.C7H17N.C3H8/c1-4-7-17-22(16-6-3)24(26)27-20-15-13-11-9-10-12-14-19-23(28-21-25)18-8-5-2;1-4-5-6-7-8(2)3;1-3-2/h21-23H,4-20H2,1-3H3;4-7H2,1-3H3;3H2,1-2H3. The van der Waals surface area contributed by atoms with E-state index in [1.807, 2.05) is 0 Å². The molecule has 0 saturated carbocycles. The maximum atomic E-state index is 12.2. The third-order valence-corrected chi connectivity index (χ3v) is 6.63. The lowest BCUT2D eigenvalue weighted by Gasteiger charge is -2.15. The van der Waals surface area contributed by atoms with E-state index >= 15 is 0 Å². The van der Waals surface area contributed by atoms with E-state index in [1.54, 1.807) is 0 Å². The second-order valence-electron chi connectivity index (χ2n) is 11.3. The van der Waals surface area contributed by atoms with Crippen LogP contribution >= 0.6 is 0 Å². The number of hydrogen-bond donors (Lipinski definition) is 0. The van der Waals surface area contributed by atoms with Crippen molar-refractivity contribution in [1.29, 1.82) is 0 Å². The summed E-state index contributed by atoms with van der Waals surface area (Å²) < 4.78 is 10.7. The Labute approximate surface area is 245 Å². The lowest BCUT2D eigenvalue weighted by molar-refractivity contribution is -0.149. The summed E-state index contributed by atoms with van der Waals surface area (Å²) in [7, 11) is 4.24. The van der Waals surface area contributed by atoms with Crippen LogP contribution < -0.4 is 0 Å². The molecular formula is C34H71NO4. The van der Waals surface area contributed by atoms with Crippen LogP contribution in [0.1, 0.15) is 170 Å². The summed E-state index contributed by atoms with van der Waals surface area (Å²) in [5.74, 6) is 0.125. The van der Waals surface area contributed by atoms with Gasteiger partial charge in [-0.15, -0.1) is 0 Å². The molecule has 0 aromatic carbocycles. The van der Waals surface area contributed by atoms with Crippen molar-refractivity contribution >= 4 is 12.4 Å². The number of esters is 1. The van der Waals surface area contributed by atoms with Crippen molar-refractivity contribution in [3.8, 4) is 0 Å². The predicted octanol–water partition coefficient (Wildman–Crippen LogP) is 10.1. The van der Waals surface area contributed by atoms with E-state index in [-0.39, 0.29) is 18.0 Å². The van der Waals surface area contributed by atoms with Crippen molar-refractivity contribution in [2.45, 2.75) is 176 Å². The average Bonchev–Trinajstić information content (AvgIpc) is 2.91. The Morgan fingerprint density at radius 1 is 0.641 bits per heavy atom. The largest absolute Gasteiger partial charge is 0.465 e. The first-order valence-corrected chi connectivity index (χ1v) is 16.8. The first kappa shape index (κ1) is 42.4. The van der Waals surface area contributed by atoms with Gasteiger partial charge in [0.25, 0.3) is 6.47 Å². The summed E-state index contributed by atoms with van der Waals surface area (Å²) in [6, 6.07) is 0. The molecule has 0 heterocycles. The number of unbranched alkanes of at least 4 members (excludes halogenated alkanes) is 10. The van der Waals surface area contributed by atoms with E-state index in [9.17, 15) is 9.59 Å². The topological polar surface area (TPSA) is 55.8 Å². The quantitative estimate of drug-likeness (QED) is 0.0635. The molecule has 0 aliphatic rings. The Morgan fingerprint density at radius 3 is 1.67 bits per heavy atom. The number of nitrogens with zero attached hydrogens (tertiary/aromatic N) is 1. The van der Waals surface area contributed by atoms with Crippen molar-refractivity contribution in [1.82, 2.24) is 4.90 Å². The molecule has 0 aliphatic heterocycles. The molecule has 0 N–H and O–H groups in total. The van der Waals surface area contributed by atoms with Crippen LogP contribution in [-0.4, -0.2) is 50.7 Å². The van der Waals surface area contributed by atoms with Crippen LogP contribution in [0, 0.1) is 5.92 Å². The van der Waals surface area contributed by atoms with Crippen LogP contribution in [0.5, 0.6) is 0 Å². The molecule has 0 radical (unpaired) electrons. The fourth-order valence-electron chi connectivity index (χ4n) is 4.30. The maximum Gasteiger partial charge on any atom is 0.308 e. The molecule has 0 bridgehead atoms. The summed E-state index contributed by atoms with van der Waals surface area (Å²) >= 11 is 0. The molecule has 0 fully saturated rings. The van der Waals surface area contributed by atoms with Gasteiger partial charge in [0.1, 0.15) is 6.10 Å². The van der Waals surface area contributed by atoms with E-state index in [4.69, 9.17) is 9.47 Å². The average molecular weight is 558 g/mol. The van der Waals surface area contributed by atoms with Gasteiger partial charge in [0.2, 0.25) is 0 Å². The van der Waals surface area contributed by atoms with E-state index in [1.165, 1.54) is 57.9 Å². The van der Waals surface area contributed by atoms with E-state index in [0.717, 1.165) is 77.0 Å². The summed E-state index contributed by atoms with van der Waals surface area (Å²) in [6.45, 7) is 15.4. The molecule has 39 heavy (non-hydrogen) atoms. The summed E-state index contributed by atoms with van der Waals surface area (Å²) in [4.78, 5) is 24.9. The van der Waals surface area contributed by atoms with Gasteiger partial charge in [0, 0.05) is 0 Å². The van der Waals surface area contributed by atoms with Gasteiger partial charge in [0.05, 0.1) is 12.5 Å². The predicted molar refractivity (Wildman–Crippen MR) is 170 cm³/mol. The zero-order valence-electron chi connectivity index (χ0n) is 27.9. The minimum Gasteiger partial charge on any atom is -0.465 e. The fourth-order valence-corrected chi connectivity index (χ4v) is 4.30. The highest BCUT2D eigenvalue weighted by atomic mass is 16.5. The molecule has 2 unspecified atom stereocenters. The summed E-state index contributed by atoms with van der Waals surface area (Å²) in [5.41, 5.74) is 0. The lowest BCUT2D eigenvalue weighted by atomic mass is 9.97. The highest BCUT2D eigenvalue weighted by Crippen LogP contribution is 2.18. The Kier molecular flexibility index (Phi) is 40.1. The van der Waals surface area contributed by atoms with Crippen LogP contribution in [-0.2, 0) is 19.1 Å². The van der Waals surface area contributed by atoms with Gasteiger partial charge in [-0.25, -0.2) is 0 Å². The smallest absolute Gasteiger partial charge is 0.308 e. The molecule has 0 aliphatic carbocycles. The molecule has 0 aromatic heterocycles. The molecule has 0 saturated heterocycles. The second-order valence-corrected chi connectivity index (χ2v) is 11.3. The minimum atomic E-state index is 0.0190. The van der Waals surface area contributed by atoms with Crippen molar-refractivity contribution in [3.05, 3.63) is 0 Å².